The van der Waals surface area contributed by atoms with E-state index in [4.69, 9.17) is 14.3 Å². The number of oxime groups is 1. The number of carbonyl (C=O) groups excluding carboxylic acids is 1. The molecule has 1 aromatic heterocycles. The minimum Gasteiger partial charge on any atom is -0.475 e. The van der Waals surface area contributed by atoms with E-state index in [1.54, 1.807) is 18.2 Å². The molecule has 138 valence electrons. The van der Waals surface area contributed by atoms with Gasteiger partial charge < -0.3 is 19.6 Å². The molecule has 1 amide bonds. The van der Waals surface area contributed by atoms with E-state index in [0.717, 1.165) is 5.56 Å². The Bertz CT molecular complexity index is 775. The second kappa shape index (κ2) is 9.41. The number of aromatic nitrogens is 1. The number of carbonyl (C=O) groups is 1. The van der Waals surface area contributed by atoms with Gasteiger partial charge in [0.2, 0.25) is 11.8 Å². The van der Waals surface area contributed by atoms with E-state index in [9.17, 15) is 4.79 Å². The van der Waals surface area contributed by atoms with Crippen LogP contribution in [0.3, 0.4) is 0 Å². The van der Waals surface area contributed by atoms with Crippen molar-refractivity contribution >= 4 is 11.6 Å². The van der Waals surface area contributed by atoms with Gasteiger partial charge in [0.15, 0.2) is 5.71 Å². The molecule has 26 heavy (non-hydrogen) atoms. The van der Waals surface area contributed by atoms with Gasteiger partial charge in [0.05, 0.1) is 6.10 Å². The summed E-state index contributed by atoms with van der Waals surface area (Å²) in [4.78, 5) is 21.2. The molecule has 0 saturated heterocycles. The van der Waals surface area contributed by atoms with Crippen LogP contribution in [0, 0.1) is 0 Å². The van der Waals surface area contributed by atoms with Gasteiger partial charge in [0.1, 0.15) is 13.7 Å². The van der Waals surface area contributed by atoms with Crippen molar-refractivity contribution in [1.82, 2.24) is 10.3 Å². The summed E-state index contributed by atoms with van der Waals surface area (Å²) in [7, 11) is 2.93. The number of ether oxygens (including phenoxy) is 2. The topological polar surface area (TPSA) is 82.0 Å². The highest BCUT2D eigenvalue weighted by Gasteiger charge is 2.17. The van der Waals surface area contributed by atoms with Crippen LogP contribution >= 0.6 is 0 Å². The van der Waals surface area contributed by atoms with E-state index < -0.39 is 0 Å². The SMILES string of the molecule is CNC(=O)/C(=N\OC)c1ccccc1COc1cccc(OC(C)C)n1. The minimum absolute atomic E-state index is 0.0267. The highest BCUT2D eigenvalue weighted by Crippen LogP contribution is 2.18. The number of nitrogens with zero attached hydrogens (tertiary/aromatic N) is 2. The van der Waals surface area contributed by atoms with Crippen molar-refractivity contribution in [2.24, 2.45) is 5.16 Å². The third-order valence-electron chi connectivity index (χ3n) is 3.33. The highest BCUT2D eigenvalue weighted by atomic mass is 16.6. The third-order valence-corrected chi connectivity index (χ3v) is 3.33. The molecule has 0 aliphatic carbocycles. The van der Waals surface area contributed by atoms with E-state index in [-0.39, 0.29) is 24.3 Å². The predicted molar refractivity (Wildman–Crippen MR) is 98.4 cm³/mol. The number of hydrogen-bond donors (Lipinski definition) is 1. The molecule has 0 bridgehead atoms. The first-order chi connectivity index (χ1) is 12.5. The van der Waals surface area contributed by atoms with Crippen LogP contribution in [0.1, 0.15) is 25.0 Å². The predicted octanol–water partition coefficient (Wildman–Crippen LogP) is 2.54. The van der Waals surface area contributed by atoms with Gasteiger partial charge in [-0.15, -0.1) is 0 Å². The van der Waals surface area contributed by atoms with Crippen molar-refractivity contribution in [3.8, 4) is 11.8 Å². The zero-order valence-corrected chi connectivity index (χ0v) is 15.4. The molecule has 7 heteroatoms. The van der Waals surface area contributed by atoms with E-state index >= 15 is 0 Å². The molecule has 1 aromatic carbocycles. The Morgan fingerprint density at radius 3 is 2.58 bits per heavy atom. The standard InChI is InChI=1S/C19H23N3O4/c1-13(2)26-17-11-7-10-16(21-17)25-12-14-8-5-6-9-15(14)18(22-24-4)19(23)20-3/h5-11,13H,12H2,1-4H3,(H,20,23)/b22-18-. The van der Waals surface area contributed by atoms with Gasteiger partial charge in [-0.2, -0.15) is 4.98 Å². The number of amides is 1. The molecule has 0 aliphatic heterocycles. The number of hydrogen-bond acceptors (Lipinski definition) is 6. The quantitative estimate of drug-likeness (QED) is 0.580. The molecule has 7 nitrogen and oxygen atoms in total. The Kier molecular flexibility index (Phi) is 6.96. The Morgan fingerprint density at radius 1 is 1.15 bits per heavy atom. The molecule has 0 atom stereocenters. The molecule has 0 aliphatic rings. The van der Waals surface area contributed by atoms with Gasteiger partial charge in [0.25, 0.3) is 5.91 Å². The van der Waals surface area contributed by atoms with E-state index in [2.05, 4.69) is 15.5 Å². The number of rotatable bonds is 8. The average molecular weight is 357 g/mol. The van der Waals surface area contributed by atoms with Crippen molar-refractivity contribution in [2.45, 2.75) is 26.6 Å². The highest BCUT2D eigenvalue weighted by molar-refractivity contribution is 6.45. The van der Waals surface area contributed by atoms with Crippen molar-refractivity contribution in [1.29, 1.82) is 0 Å². The minimum atomic E-state index is -0.343. The molecule has 1 N–H and O–H groups in total. The molecule has 0 spiro atoms. The molecule has 0 saturated carbocycles. The fourth-order valence-electron chi connectivity index (χ4n) is 2.23. The van der Waals surface area contributed by atoms with Gasteiger partial charge in [-0.05, 0) is 19.4 Å². The molecule has 0 radical (unpaired) electrons. The summed E-state index contributed by atoms with van der Waals surface area (Å²) < 4.78 is 11.3. The maximum atomic E-state index is 12.1. The number of likely N-dealkylation sites (N-methyl/N-ethyl adjacent to an activating group) is 1. The van der Waals surface area contributed by atoms with Crippen LogP contribution in [0.2, 0.25) is 0 Å². The summed E-state index contributed by atoms with van der Waals surface area (Å²) in [5, 5.41) is 6.40. The Morgan fingerprint density at radius 2 is 1.88 bits per heavy atom. The lowest BCUT2D eigenvalue weighted by molar-refractivity contribution is -0.114. The molecular weight excluding hydrogens is 334 g/mol. The second-order valence-electron chi connectivity index (χ2n) is 5.63. The van der Waals surface area contributed by atoms with Gasteiger partial charge in [-0.25, -0.2) is 0 Å². The first kappa shape index (κ1) is 19.2. The fraction of sp³-hybridized carbons (Fsp3) is 0.316. The van der Waals surface area contributed by atoms with Crippen LogP contribution < -0.4 is 14.8 Å². The van der Waals surface area contributed by atoms with Crippen molar-refractivity contribution in [3.05, 3.63) is 53.6 Å². The Balaban J connectivity index is 2.21. The third kappa shape index (κ3) is 5.20. The summed E-state index contributed by atoms with van der Waals surface area (Å²) in [5.41, 5.74) is 1.59. The fourth-order valence-corrected chi connectivity index (χ4v) is 2.23. The van der Waals surface area contributed by atoms with Crippen LogP contribution in [0.25, 0.3) is 0 Å². The van der Waals surface area contributed by atoms with Crippen molar-refractivity contribution in [3.63, 3.8) is 0 Å². The molecular formula is C19H23N3O4. The number of nitrogens with one attached hydrogen (secondary N) is 1. The summed E-state index contributed by atoms with van der Waals surface area (Å²) in [6, 6.07) is 12.7. The summed E-state index contributed by atoms with van der Waals surface area (Å²) in [6.07, 6.45) is 0.0267. The lowest BCUT2D eigenvalue weighted by Gasteiger charge is -2.13. The van der Waals surface area contributed by atoms with E-state index in [0.29, 0.717) is 17.3 Å². The van der Waals surface area contributed by atoms with Crippen molar-refractivity contribution in [2.75, 3.05) is 14.2 Å². The maximum absolute atomic E-state index is 12.1. The maximum Gasteiger partial charge on any atom is 0.273 e. The smallest absolute Gasteiger partial charge is 0.273 e. The summed E-state index contributed by atoms with van der Waals surface area (Å²) >= 11 is 0. The number of benzene rings is 1. The average Bonchev–Trinajstić information content (AvgIpc) is 2.64. The van der Waals surface area contributed by atoms with Crippen LogP contribution in [0.5, 0.6) is 11.8 Å². The van der Waals surface area contributed by atoms with Crippen LogP contribution in [-0.4, -0.2) is 36.9 Å². The zero-order valence-electron chi connectivity index (χ0n) is 15.4. The summed E-state index contributed by atoms with van der Waals surface area (Å²) in [6.45, 7) is 4.08. The molecule has 0 fully saturated rings. The molecule has 2 aromatic rings. The van der Waals surface area contributed by atoms with E-state index in [1.807, 2.05) is 38.1 Å². The van der Waals surface area contributed by atoms with Gasteiger partial charge in [-0.3, -0.25) is 4.79 Å². The first-order valence-corrected chi connectivity index (χ1v) is 8.23. The normalized spacial score (nSPS) is 11.2. The monoisotopic (exact) mass is 357 g/mol. The van der Waals surface area contributed by atoms with Crippen LogP contribution in [0.4, 0.5) is 0 Å². The lowest BCUT2D eigenvalue weighted by Crippen LogP contribution is -2.29. The molecule has 1 heterocycles. The lowest BCUT2D eigenvalue weighted by atomic mass is 10.0. The Labute approximate surface area is 153 Å². The van der Waals surface area contributed by atoms with Gasteiger partial charge in [0, 0.05) is 24.7 Å². The van der Waals surface area contributed by atoms with Gasteiger partial charge >= 0.3 is 0 Å². The van der Waals surface area contributed by atoms with Crippen LogP contribution in [-0.2, 0) is 16.2 Å². The largest absolute Gasteiger partial charge is 0.475 e. The van der Waals surface area contributed by atoms with E-state index in [1.165, 1.54) is 14.2 Å². The zero-order chi connectivity index (χ0) is 18.9. The second-order valence-corrected chi connectivity index (χ2v) is 5.63. The van der Waals surface area contributed by atoms with Crippen molar-refractivity contribution < 1.29 is 19.1 Å². The first-order valence-electron chi connectivity index (χ1n) is 8.23. The van der Waals surface area contributed by atoms with Gasteiger partial charge in [-0.1, -0.05) is 35.5 Å². The van der Waals surface area contributed by atoms with Crippen LogP contribution in [0.15, 0.2) is 47.6 Å². The number of pyridine rings is 1. The molecule has 2 rings (SSSR count). The summed E-state index contributed by atoms with van der Waals surface area (Å²) in [5.74, 6) is 0.589. The Hall–Kier alpha value is -3.09. The molecule has 0 unspecified atom stereocenters.